The molecule has 1 aliphatic heterocycles. The van der Waals surface area contributed by atoms with Gasteiger partial charge >= 0.3 is 0 Å². The van der Waals surface area contributed by atoms with Crippen molar-refractivity contribution in [3.05, 3.63) is 12.2 Å². The standard InChI is InChI=1S/C15H21NO3/c17-9-10-5-1-4-8-13(10)16-14(18)11-6-2-3-7-12(11)15(16)19/h2-3,10-13,17H,1,4-9H2. The number of carbonyl (C=O) groups is 2. The summed E-state index contributed by atoms with van der Waals surface area (Å²) in [6, 6.07) is -0.0654. The normalized spacial score (nSPS) is 38.7. The van der Waals surface area contributed by atoms with Gasteiger partial charge in [0.15, 0.2) is 0 Å². The molecule has 2 fully saturated rings. The minimum absolute atomic E-state index is 0.00435. The molecule has 1 heterocycles. The summed E-state index contributed by atoms with van der Waals surface area (Å²) in [5.41, 5.74) is 0. The van der Waals surface area contributed by atoms with E-state index in [0.717, 1.165) is 25.7 Å². The summed E-state index contributed by atoms with van der Waals surface area (Å²) < 4.78 is 0. The molecule has 1 N–H and O–H groups in total. The Morgan fingerprint density at radius 1 is 1.05 bits per heavy atom. The van der Waals surface area contributed by atoms with Gasteiger partial charge in [-0.3, -0.25) is 14.5 Å². The first-order chi connectivity index (χ1) is 9.24. The lowest BCUT2D eigenvalue weighted by Gasteiger charge is -2.36. The van der Waals surface area contributed by atoms with Gasteiger partial charge in [0.1, 0.15) is 0 Å². The van der Waals surface area contributed by atoms with Gasteiger partial charge in [0.2, 0.25) is 11.8 Å². The number of amides is 2. The monoisotopic (exact) mass is 263 g/mol. The van der Waals surface area contributed by atoms with Gasteiger partial charge in [0.05, 0.1) is 11.8 Å². The van der Waals surface area contributed by atoms with Crippen molar-refractivity contribution in [2.75, 3.05) is 6.61 Å². The number of nitrogens with zero attached hydrogens (tertiary/aromatic N) is 1. The fourth-order valence-corrected chi connectivity index (χ4v) is 3.89. The molecule has 4 nitrogen and oxygen atoms in total. The highest BCUT2D eigenvalue weighted by atomic mass is 16.3. The number of allylic oxidation sites excluding steroid dienone is 2. The minimum atomic E-state index is -0.140. The summed E-state index contributed by atoms with van der Waals surface area (Å²) in [7, 11) is 0. The van der Waals surface area contributed by atoms with Crippen molar-refractivity contribution in [3.63, 3.8) is 0 Å². The van der Waals surface area contributed by atoms with E-state index in [2.05, 4.69) is 0 Å². The van der Waals surface area contributed by atoms with Crippen LogP contribution in [0.2, 0.25) is 0 Å². The van der Waals surface area contributed by atoms with Crippen molar-refractivity contribution in [3.8, 4) is 0 Å². The molecule has 0 radical (unpaired) electrons. The Morgan fingerprint density at radius 3 is 2.21 bits per heavy atom. The second kappa shape index (κ2) is 5.08. The molecule has 19 heavy (non-hydrogen) atoms. The van der Waals surface area contributed by atoms with Crippen molar-refractivity contribution in [2.45, 2.75) is 44.6 Å². The second-order valence-corrected chi connectivity index (χ2v) is 6.00. The smallest absolute Gasteiger partial charge is 0.233 e. The molecule has 0 aromatic carbocycles. The van der Waals surface area contributed by atoms with E-state index in [4.69, 9.17) is 0 Å². The third-order valence-electron chi connectivity index (χ3n) is 4.98. The molecule has 0 spiro atoms. The number of likely N-dealkylation sites (tertiary alicyclic amines) is 1. The molecule has 4 unspecified atom stereocenters. The molecular formula is C15H21NO3. The zero-order chi connectivity index (χ0) is 13.4. The first-order valence-electron chi connectivity index (χ1n) is 7.36. The topological polar surface area (TPSA) is 57.6 Å². The van der Waals surface area contributed by atoms with E-state index in [1.807, 2.05) is 12.2 Å². The Bertz CT molecular complexity index is 392. The summed E-state index contributed by atoms with van der Waals surface area (Å²) in [6.07, 6.45) is 9.34. The quantitative estimate of drug-likeness (QED) is 0.606. The number of hydrogen-bond donors (Lipinski definition) is 1. The van der Waals surface area contributed by atoms with Crippen molar-refractivity contribution < 1.29 is 14.7 Å². The van der Waals surface area contributed by atoms with Crippen LogP contribution in [0.5, 0.6) is 0 Å². The van der Waals surface area contributed by atoms with Crippen LogP contribution in [0, 0.1) is 17.8 Å². The van der Waals surface area contributed by atoms with Crippen LogP contribution in [-0.4, -0.2) is 34.5 Å². The first-order valence-corrected chi connectivity index (χ1v) is 7.36. The largest absolute Gasteiger partial charge is 0.396 e. The van der Waals surface area contributed by atoms with Crippen molar-refractivity contribution in [2.24, 2.45) is 17.8 Å². The van der Waals surface area contributed by atoms with Gasteiger partial charge < -0.3 is 5.11 Å². The van der Waals surface area contributed by atoms with Crippen LogP contribution in [0.15, 0.2) is 12.2 Å². The number of carbonyl (C=O) groups excluding carboxylic acids is 2. The third-order valence-corrected chi connectivity index (χ3v) is 4.98. The molecule has 2 aliphatic carbocycles. The number of rotatable bonds is 2. The van der Waals surface area contributed by atoms with E-state index < -0.39 is 0 Å². The van der Waals surface area contributed by atoms with Gasteiger partial charge in [-0.25, -0.2) is 0 Å². The van der Waals surface area contributed by atoms with Gasteiger partial charge in [-0.2, -0.15) is 0 Å². The lowest BCUT2D eigenvalue weighted by molar-refractivity contribution is -0.145. The van der Waals surface area contributed by atoms with Gasteiger partial charge in [0, 0.05) is 18.6 Å². The highest BCUT2D eigenvalue weighted by Gasteiger charge is 2.50. The second-order valence-electron chi connectivity index (χ2n) is 6.00. The van der Waals surface area contributed by atoms with Crippen molar-refractivity contribution in [1.82, 2.24) is 4.90 Å². The van der Waals surface area contributed by atoms with Crippen LogP contribution in [0.4, 0.5) is 0 Å². The Morgan fingerprint density at radius 2 is 1.63 bits per heavy atom. The SMILES string of the molecule is O=C1C2CC=CCC2C(=O)N1C1CCCCC1CO. The van der Waals surface area contributed by atoms with Crippen LogP contribution < -0.4 is 0 Å². The third kappa shape index (κ3) is 2.02. The van der Waals surface area contributed by atoms with E-state index in [-0.39, 0.29) is 42.2 Å². The van der Waals surface area contributed by atoms with E-state index in [0.29, 0.717) is 12.8 Å². The zero-order valence-electron chi connectivity index (χ0n) is 11.1. The minimum Gasteiger partial charge on any atom is -0.396 e. The predicted octanol–water partition coefficient (Wildman–Crippen LogP) is 1.49. The first kappa shape index (κ1) is 12.9. The predicted molar refractivity (Wildman–Crippen MR) is 70.0 cm³/mol. The number of aliphatic hydroxyl groups excluding tert-OH is 1. The van der Waals surface area contributed by atoms with Gasteiger partial charge in [-0.15, -0.1) is 0 Å². The number of fused-ring (bicyclic) bond motifs is 1. The van der Waals surface area contributed by atoms with Crippen LogP contribution in [0.3, 0.4) is 0 Å². The van der Waals surface area contributed by atoms with Gasteiger partial charge in [-0.05, 0) is 25.7 Å². The molecule has 3 aliphatic rings. The molecule has 0 aromatic rings. The Balaban J connectivity index is 1.84. The van der Waals surface area contributed by atoms with E-state index in [9.17, 15) is 14.7 Å². The number of aliphatic hydroxyl groups is 1. The number of imide groups is 1. The summed E-state index contributed by atoms with van der Waals surface area (Å²) in [4.78, 5) is 26.5. The maximum atomic E-state index is 12.5. The van der Waals surface area contributed by atoms with Crippen LogP contribution in [0.25, 0.3) is 0 Å². The summed E-state index contributed by atoms with van der Waals surface area (Å²) in [6.45, 7) is 0.0787. The highest BCUT2D eigenvalue weighted by Crippen LogP contribution is 2.39. The molecule has 0 bridgehead atoms. The zero-order valence-corrected chi connectivity index (χ0v) is 11.1. The molecule has 104 valence electrons. The van der Waals surface area contributed by atoms with E-state index >= 15 is 0 Å². The molecular weight excluding hydrogens is 242 g/mol. The lowest BCUT2D eigenvalue weighted by atomic mass is 9.84. The summed E-state index contributed by atoms with van der Waals surface area (Å²) >= 11 is 0. The fraction of sp³-hybridized carbons (Fsp3) is 0.733. The molecule has 3 rings (SSSR count). The maximum Gasteiger partial charge on any atom is 0.233 e. The van der Waals surface area contributed by atoms with Crippen molar-refractivity contribution in [1.29, 1.82) is 0 Å². The highest BCUT2D eigenvalue weighted by molar-refractivity contribution is 6.05. The summed E-state index contributed by atoms with van der Waals surface area (Å²) in [5.74, 6) is -0.193. The lowest BCUT2D eigenvalue weighted by Crippen LogP contribution is -2.47. The van der Waals surface area contributed by atoms with Crippen LogP contribution >= 0.6 is 0 Å². The molecule has 1 saturated heterocycles. The van der Waals surface area contributed by atoms with Gasteiger partial charge in [0.25, 0.3) is 0 Å². The molecule has 1 saturated carbocycles. The average molecular weight is 263 g/mol. The molecule has 0 aromatic heterocycles. The van der Waals surface area contributed by atoms with Crippen LogP contribution in [0.1, 0.15) is 38.5 Å². The Kier molecular flexibility index (Phi) is 3.44. The Hall–Kier alpha value is -1.16. The average Bonchev–Trinajstić information content (AvgIpc) is 2.71. The number of hydrogen-bond acceptors (Lipinski definition) is 3. The van der Waals surface area contributed by atoms with Crippen LogP contribution in [-0.2, 0) is 9.59 Å². The summed E-state index contributed by atoms with van der Waals surface area (Å²) in [5, 5.41) is 9.49. The maximum absolute atomic E-state index is 12.5. The molecule has 2 amide bonds. The fourth-order valence-electron chi connectivity index (χ4n) is 3.89. The van der Waals surface area contributed by atoms with Gasteiger partial charge in [-0.1, -0.05) is 25.0 Å². The Labute approximate surface area is 113 Å². The van der Waals surface area contributed by atoms with Crippen molar-refractivity contribution >= 4 is 11.8 Å². The van der Waals surface area contributed by atoms with E-state index in [1.165, 1.54) is 4.90 Å². The van der Waals surface area contributed by atoms with E-state index in [1.54, 1.807) is 0 Å². The molecule has 4 heteroatoms. The molecule has 4 atom stereocenters.